The Balaban J connectivity index is 1.80. The van der Waals surface area contributed by atoms with E-state index in [0.717, 1.165) is 5.69 Å². The first kappa shape index (κ1) is 19.0. The summed E-state index contributed by atoms with van der Waals surface area (Å²) >= 11 is 0. The Bertz CT molecular complexity index is 800. The van der Waals surface area contributed by atoms with Crippen LogP contribution in [0.1, 0.15) is 37.1 Å². The summed E-state index contributed by atoms with van der Waals surface area (Å²) in [5.41, 5.74) is 1.35. The van der Waals surface area contributed by atoms with Gasteiger partial charge in [-0.2, -0.15) is 10.1 Å². The van der Waals surface area contributed by atoms with Crippen LogP contribution >= 0.6 is 0 Å². The van der Waals surface area contributed by atoms with Gasteiger partial charge in [-0.15, -0.1) is 0 Å². The number of carbonyl (C=O) groups is 1. The molecule has 0 radical (unpaired) electrons. The second kappa shape index (κ2) is 7.85. The molecule has 3 rings (SSSR count). The molecular formula is C17H22F2N6O2. The average Bonchev–Trinajstić information content (AvgIpc) is 3.08. The van der Waals surface area contributed by atoms with Gasteiger partial charge in [0.15, 0.2) is 0 Å². The van der Waals surface area contributed by atoms with Crippen LogP contribution in [0, 0.1) is 6.92 Å². The van der Waals surface area contributed by atoms with Crippen molar-refractivity contribution in [3.63, 3.8) is 0 Å². The molecule has 1 fully saturated rings. The third-order valence-electron chi connectivity index (χ3n) is 4.36. The van der Waals surface area contributed by atoms with E-state index in [2.05, 4.69) is 30.4 Å². The number of aryl methyl sites for hydroxylation is 1. The van der Waals surface area contributed by atoms with Gasteiger partial charge in [-0.25, -0.2) is 23.2 Å². The standard InChI is InChI=1S/C17H22F2N6O2/c1-11-5-8-25(24-11)15-22-13(10-20-16(26)27-2)9-14(23-15)21-12-3-6-17(18,19)7-4-12/h5,8-9,12H,3-4,6-7,10H2,1-2H3,(H,20,26)(H,21,22,23). The molecule has 0 unspecified atom stereocenters. The first-order valence-corrected chi connectivity index (χ1v) is 8.71. The summed E-state index contributed by atoms with van der Waals surface area (Å²) in [7, 11) is 1.28. The highest BCUT2D eigenvalue weighted by Gasteiger charge is 2.35. The summed E-state index contributed by atoms with van der Waals surface area (Å²) in [4.78, 5) is 20.2. The van der Waals surface area contributed by atoms with E-state index in [1.54, 1.807) is 12.3 Å². The molecule has 0 saturated heterocycles. The number of nitrogens with one attached hydrogen (secondary N) is 2. The van der Waals surface area contributed by atoms with Gasteiger partial charge >= 0.3 is 6.09 Å². The number of aromatic nitrogens is 4. The molecule has 146 valence electrons. The largest absolute Gasteiger partial charge is 0.453 e. The summed E-state index contributed by atoms with van der Waals surface area (Å²) < 4.78 is 32.8. The van der Waals surface area contributed by atoms with Crippen LogP contribution in [0.15, 0.2) is 18.3 Å². The second-order valence-electron chi connectivity index (χ2n) is 6.57. The summed E-state index contributed by atoms with van der Waals surface area (Å²) in [5.74, 6) is -1.75. The van der Waals surface area contributed by atoms with E-state index >= 15 is 0 Å². The zero-order valence-electron chi connectivity index (χ0n) is 15.2. The van der Waals surface area contributed by atoms with Gasteiger partial charge in [0.05, 0.1) is 25.0 Å². The maximum absolute atomic E-state index is 13.4. The minimum atomic E-state index is -2.59. The number of hydrogen-bond acceptors (Lipinski definition) is 6. The van der Waals surface area contributed by atoms with E-state index in [1.807, 2.05) is 13.0 Å². The van der Waals surface area contributed by atoms with Gasteiger partial charge in [0, 0.05) is 31.1 Å². The van der Waals surface area contributed by atoms with E-state index in [9.17, 15) is 13.6 Å². The van der Waals surface area contributed by atoms with Crippen molar-refractivity contribution in [3.05, 3.63) is 29.7 Å². The van der Waals surface area contributed by atoms with Crippen LogP contribution in [0.4, 0.5) is 19.4 Å². The number of nitrogens with zero attached hydrogens (tertiary/aromatic N) is 4. The predicted molar refractivity (Wildman–Crippen MR) is 94.0 cm³/mol. The number of alkyl halides is 2. The first-order chi connectivity index (χ1) is 12.8. The van der Waals surface area contributed by atoms with E-state index in [-0.39, 0.29) is 25.4 Å². The molecule has 1 aliphatic carbocycles. The van der Waals surface area contributed by atoms with Crippen LogP contribution in [0.3, 0.4) is 0 Å². The third-order valence-corrected chi connectivity index (χ3v) is 4.36. The minimum Gasteiger partial charge on any atom is -0.453 e. The number of halogens is 2. The fourth-order valence-corrected chi connectivity index (χ4v) is 2.91. The number of amides is 1. The summed E-state index contributed by atoms with van der Waals surface area (Å²) in [6, 6.07) is 3.41. The third kappa shape index (κ3) is 5.11. The second-order valence-corrected chi connectivity index (χ2v) is 6.57. The highest BCUT2D eigenvalue weighted by Crippen LogP contribution is 2.34. The Labute approximate surface area is 155 Å². The number of carbonyl (C=O) groups excluding carboxylic acids is 1. The smallest absolute Gasteiger partial charge is 0.407 e. The molecular weight excluding hydrogens is 358 g/mol. The molecule has 2 aromatic heterocycles. The van der Waals surface area contributed by atoms with Crippen LogP contribution < -0.4 is 10.6 Å². The van der Waals surface area contributed by atoms with Crippen molar-refractivity contribution in [2.24, 2.45) is 0 Å². The lowest BCUT2D eigenvalue weighted by Gasteiger charge is -2.29. The van der Waals surface area contributed by atoms with Crippen molar-refractivity contribution < 1.29 is 18.3 Å². The first-order valence-electron chi connectivity index (χ1n) is 8.71. The molecule has 1 saturated carbocycles. The van der Waals surface area contributed by atoms with Crippen molar-refractivity contribution in [1.82, 2.24) is 25.1 Å². The highest BCUT2D eigenvalue weighted by molar-refractivity contribution is 5.66. The fourth-order valence-electron chi connectivity index (χ4n) is 2.91. The van der Waals surface area contributed by atoms with Gasteiger partial charge in [0.25, 0.3) is 5.95 Å². The molecule has 27 heavy (non-hydrogen) atoms. The lowest BCUT2D eigenvalue weighted by Crippen LogP contribution is -2.32. The number of anilines is 1. The van der Waals surface area contributed by atoms with Gasteiger partial charge in [-0.1, -0.05) is 0 Å². The van der Waals surface area contributed by atoms with Gasteiger partial charge in [-0.3, -0.25) is 0 Å². The van der Waals surface area contributed by atoms with E-state index in [1.165, 1.54) is 11.8 Å². The van der Waals surface area contributed by atoms with Crippen LogP contribution in [0.5, 0.6) is 0 Å². The quantitative estimate of drug-likeness (QED) is 0.828. The lowest BCUT2D eigenvalue weighted by atomic mass is 9.92. The molecule has 1 aliphatic rings. The molecule has 0 atom stereocenters. The summed E-state index contributed by atoms with van der Waals surface area (Å²) in [5, 5.41) is 10.1. The minimum absolute atomic E-state index is 0.0897. The van der Waals surface area contributed by atoms with Gasteiger partial charge in [-0.05, 0) is 25.8 Å². The Hall–Kier alpha value is -2.78. The Morgan fingerprint density at radius 3 is 2.74 bits per heavy atom. The van der Waals surface area contributed by atoms with E-state index < -0.39 is 12.0 Å². The van der Waals surface area contributed by atoms with Crippen molar-refractivity contribution in [1.29, 1.82) is 0 Å². The Morgan fingerprint density at radius 2 is 2.11 bits per heavy atom. The molecule has 2 N–H and O–H groups in total. The summed E-state index contributed by atoms with van der Waals surface area (Å²) in [6.07, 6.45) is 1.60. The Kier molecular flexibility index (Phi) is 5.52. The normalized spacial score (nSPS) is 16.7. The van der Waals surface area contributed by atoms with E-state index in [0.29, 0.717) is 30.3 Å². The number of hydrogen-bond donors (Lipinski definition) is 2. The van der Waals surface area contributed by atoms with Crippen LogP contribution in [-0.4, -0.2) is 44.9 Å². The van der Waals surface area contributed by atoms with Crippen molar-refractivity contribution >= 4 is 11.9 Å². The van der Waals surface area contributed by atoms with Crippen LogP contribution in [0.25, 0.3) is 5.95 Å². The number of methoxy groups -OCH3 is 1. The Morgan fingerprint density at radius 1 is 1.37 bits per heavy atom. The maximum Gasteiger partial charge on any atom is 0.407 e. The molecule has 10 heteroatoms. The van der Waals surface area contributed by atoms with Gasteiger partial charge in [0.1, 0.15) is 5.82 Å². The molecule has 0 spiro atoms. The molecule has 1 amide bonds. The topological polar surface area (TPSA) is 94.0 Å². The molecule has 2 aromatic rings. The molecule has 0 bridgehead atoms. The molecule has 0 aliphatic heterocycles. The zero-order valence-corrected chi connectivity index (χ0v) is 15.2. The summed E-state index contributed by atoms with van der Waals surface area (Å²) in [6.45, 7) is 1.99. The molecule has 2 heterocycles. The molecule has 8 nitrogen and oxygen atoms in total. The van der Waals surface area contributed by atoms with Crippen LogP contribution in [0.2, 0.25) is 0 Å². The zero-order chi connectivity index (χ0) is 19.4. The van der Waals surface area contributed by atoms with Gasteiger partial charge in [0.2, 0.25) is 5.92 Å². The molecule has 0 aromatic carbocycles. The SMILES string of the molecule is COC(=O)NCc1cc(NC2CCC(F)(F)CC2)nc(-n2ccc(C)n2)n1. The van der Waals surface area contributed by atoms with E-state index in [4.69, 9.17) is 0 Å². The van der Waals surface area contributed by atoms with Crippen molar-refractivity contribution in [3.8, 4) is 5.95 Å². The van der Waals surface area contributed by atoms with Crippen LogP contribution in [-0.2, 0) is 11.3 Å². The average molecular weight is 380 g/mol. The van der Waals surface area contributed by atoms with Crippen molar-refractivity contribution in [2.45, 2.75) is 51.1 Å². The lowest BCUT2D eigenvalue weighted by molar-refractivity contribution is -0.0361. The predicted octanol–water partition coefficient (Wildman–Crippen LogP) is 2.82. The van der Waals surface area contributed by atoms with Gasteiger partial charge < -0.3 is 15.4 Å². The number of alkyl carbamates (subject to hydrolysis) is 1. The highest BCUT2D eigenvalue weighted by atomic mass is 19.3. The number of rotatable bonds is 5. The van der Waals surface area contributed by atoms with Crippen molar-refractivity contribution in [2.75, 3.05) is 12.4 Å². The number of ether oxygens (including phenoxy) is 1. The monoisotopic (exact) mass is 380 g/mol. The fraction of sp³-hybridized carbons (Fsp3) is 0.529. The maximum atomic E-state index is 13.4.